The van der Waals surface area contributed by atoms with Crippen LogP contribution in [0.15, 0.2) is 48.6 Å². The van der Waals surface area contributed by atoms with Gasteiger partial charge in [-0.1, -0.05) is 345 Å². The van der Waals surface area contributed by atoms with Gasteiger partial charge in [-0.2, -0.15) is 0 Å². The lowest BCUT2D eigenvalue weighted by Crippen LogP contribution is -2.30. The molecule has 6 heteroatoms. The van der Waals surface area contributed by atoms with Gasteiger partial charge in [0.05, 0.1) is 0 Å². The van der Waals surface area contributed by atoms with Crippen molar-refractivity contribution in [1.29, 1.82) is 0 Å². The van der Waals surface area contributed by atoms with Gasteiger partial charge in [0.1, 0.15) is 13.2 Å². The van der Waals surface area contributed by atoms with Crippen LogP contribution in [0.25, 0.3) is 0 Å². The third-order valence-electron chi connectivity index (χ3n) is 16.3. The molecule has 0 aromatic heterocycles. The molecule has 0 fully saturated rings. The van der Waals surface area contributed by atoms with E-state index >= 15 is 0 Å². The molecule has 0 aromatic rings. The second-order valence-electron chi connectivity index (χ2n) is 24.5. The van der Waals surface area contributed by atoms with Crippen LogP contribution < -0.4 is 0 Å². The highest BCUT2D eigenvalue weighted by Gasteiger charge is 2.19. The zero-order valence-corrected chi connectivity index (χ0v) is 54.6. The van der Waals surface area contributed by atoms with Crippen molar-refractivity contribution in [3.8, 4) is 0 Å². The van der Waals surface area contributed by atoms with Crippen LogP contribution in [-0.4, -0.2) is 37.2 Å². The Hall–Kier alpha value is -2.63. The van der Waals surface area contributed by atoms with Crippen molar-refractivity contribution in [3.63, 3.8) is 0 Å². The maximum atomic E-state index is 12.9. The minimum atomic E-state index is -0.783. The van der Waals surface area contributed by atoms with E-state index < -0.39 is 6.10 Å². The Morgan fingerprint density at radius 3 is 0.765 bits per heavy atom. The topological polar surface area (TPSA) is 78.9 Å². The van der Waals surface area contributed by atoms with Gasteiger partial charge >= 0.3 is 17.9 Å². The molecule has 0 aliphatic carbocycles. The number of hydrogen-bond acceptors (Lipinski definition) is 6. The number of allylic oxidation sites excluding steroid dienone is 8. The molecule has 1 atom stereocenters. The van der Waals surface area contributed by atoms with Gasteiger partial charge in [-0.3, -0.25) is 14.4 Å². The van der Waals surface area contributed by atoms with Crippen molar-refractivity contribution < 1.29 is 28.6 Å². The Morgan fingerprint density at radius 1 is 0.259 bits per heavy atom. The van der Waals surface area contributed by atoms with Gasteiger partial charge in [0.25, 0.3) is 0 Å². The molecule has 0 N–H and O–H groups in total. The third-order valence-corrected chi connectivity index (χ3v) is 16.3. The van der Waals surface area contributed by atoms with E-state index in [-0.39, 0.29) is 31.1 Å². The molecular weight excluding hydrogens is 997 g/mol. The normalized spacial score (nSPS) is 12.3. The number of unbranched alkanes of at least 4 members (excludes halogenated alkanes) is 48. The summed E-state index contributed by atoms with van der Waals surface area (Å²) in [5, 5.41) is 0. The number of carbonyl (C=O) groups is 3. The first-order valence-corrected chi connectivity index (χ1v) is 36.1. The number of hydrogen-bond donors (Lipinski definition) is 0. The van der Waals surface area contributed by atoms with E-state index in [0.29, 0.717) is 19.3 Å². The fourth-order valence-corrected chi connectivity index (χ4v) is 10.9. The van der Waals surface area contributed by atoms with E-state index in [4.69, 9.17) is 14.2 Å². The van der Waals surface area contributed by atoms with Crippen molar-refractivity contribution in [3.05, 3.63) is 48.6 Å². The van der Waals surface area contributed by atoms with Crippen molar-refractivity contribution in [1.82, 2.24) is 0 Å². The Labute approximate surface area is 505 Å². The molecular formula is C75H138O6. The standard InChI is InChI=1S/C75H138O6/c1-4-7-10-13-16-19-22-25-28-30-32-33-34-35-36-37-38-39-40-41-42-43-45-47-50-53-56-59-62-65-68-74(77)80-71-72(70-79-73(76)67-64-61-58-55-52-49-46-27-24-21-18-15-12-9-6-3)81-75(78)69-66-63-60-57-54-51-48-44-31-29-26-23-20-17-14-11-8-5-2/h9,12,18,21,27,29,31,46,72H,4-8,10-11,13-17,19-20,22-26,28,30,32-45,47-71H2,1-3H3/b12-9-,21-18-,31-29-,46-27-. The maximum Gasteiger partial charge on any atom is 0.306 e. The molecule has 0 bridgehead atoms. The van der Waals surface area contributed by atoms with Crippen LogP contribution in [0.4, 0.5) is 0 Å². The Kier molecular flexibility index (Phi) is 67.6. The predicted octanol–water partition coefficient (Wildman–Crippen LogP) is 24.9. The summed E-state index contributed by atoms with van der Waals surface area (Å²) in [5.41, 5.74) is 0. The smallest absolute Gasteiger partial charge is 0.306 e. The summed E-state index contributed by atoms with van der Waals surface area (Å²) in [4.78, 5) is 38.4. The minimum Gasteiger partial charge on any atom is -0.462 e. The molecule has 0 aliphatic heterocycles. The van der Waals surface area contributed by atoms with E-state index in [2.05, 4.69) is 69.4 Å². The van der Waals surface area contributed by atoms with Crippen LogP contribution in [0.5, 0.6) is 0 Å². The predicted molar refractivity (Wildman–Crippen MR) is 353 cm³/mol. The Balaban J connectivity index is 4.19. The minimum absolute atomic E-state index is 0.0766. The molecule has 1 unspecified atom stereocenters. The van der Waals surface area contributed by atoms with Gasteiger partial charge in [0, 0.05) is 19.3 Å². The molecule has 0 radical (unpaired) electrons. The summed E-state index contributed by atoms with van der Waals surface area (Å²) in [6.07, 6.45) is 88.7. The van der Waals surface area contributed by atoms with Crippen LogP contribution in [0.3, 0.4) is 0 Å². The van der Waals surface area contributed by atoms with E-state index in [1.165, 1.54) is 257 Å². The summed E-state index contributed by atoms with van der Waals surface area (Å²) in [5.74, 6) is -0.873. The van der Waals surface area contributed by atoms with Crippen LogP contribution in [0.2, 0.25) is 0 Å². The molecule has 0 rings (SSSR count). The van der Waals surface area contributed by atoms with Crippen molar-refractivity contribution in [2.45, 2.75) is 399 Å². The van der Waals surface area contributed by atoms with E-state index in [0.717, 1.165) is 96.3 Å². The lowest BCUT2D eigenvalue weighted by Gasteiger charge is -2.18. The second-order valence-corrected chi connectivity index (χ2v) is 24.5. The number of ether oxygens (including phenoxy) is 3. The molecule has 474 valence electrons. The lowest BCUT2D eigenvalue weighted by molar-refractivity contribution is -0.167. The SMILES string of the molecule is CC/C=C\C/C=C\C/C=C\CCCCCCCC(=O)OCC(COC(=O)CCCCCCCCCCCCCCCCCCCCCCCCCCCCCCCC)OC(=O)CCCCCCCCC/C=C\CCCCCCCCC. The summed E-state index contributed by atoms with van der Waals surface area (Å²) in [6.45, 7) is 6.58. The van der Waals surface area contributed by atoms with E-state index in [9.17, 15) is 14.4 Å². The molecule has 0 amide bonds. The van der Waals surface area contributed by atoms with Crippen molar-refractivity contribution in [2.24, 2.45) is 0 Å². The summed E-state index contributed by atoms with van der Waals surface area (Å²) < 4.78 is 17.0. The number of carbonyl (C=O) groups excluding carboxylic acids is 3. The van der Waals surface area contributed by atoms with Gasteiger partial charge in [0.15, 0.2) is 6.10 Å². The van der Waals surface area contributed by atoms with E-state index in [1.807, 2.05) is 0 Å². The molecule has 0 saturated heterocycles. The van der Waals surface area contributed by atoms with Crippen molar-refractivity contribution >= 4 is 17.9 Å². The van der Waals surface area contributed by atoms with Gasteiger partial charge in [-0.15, -0.1) is 0 Å². The van der Waals surface area contributed by atoms with Gasteiger partial charge in [-0.25, -0.2) is 0 Å². The first kappa shape index (κ1) is 78.4. The molecule has 0 spiro atoms. The second kappa shape index (κ2) is 69.9. The van der Waals surface area contributed by atoms with Crippen LogP contribution >= 0.6 is 0 Å². The highest BCUT2D eigenvalue weighted by molar-refractivity contribution is 5.71. The van der Waals surface area contributed by atoms with Gasteiger partial charge in [0.2, 0.25) is 0 Å². The number of rotatable bonds is 67. The fourth-order valence-electron chi connectivity index (χ4n) is 10.9. The Bertz CT molecular complexity index is 1400. The van der Waals surface area contributed by atoms with E-state index in [1.54, 1.807) is 0 Å². The molecule has 0 aromatic carbocycles. The van der Waals surface area contributed by atoms with Crippen molar-refractivity contribution in [2.75, 3.05) is 13.2 Å². The van der Waals surface area contributed by atoms with Crippen LogP contribution in [0.1, 0.15) is 393 Å². The summed E-state index contributed by atoms with van der Waals surface area (Å²) in [6, 6.07) is 0. The van der Waals surface area contributed by atoms with Crippen LogP contribution in [0, 0.1) is 0 Å². The molecule has 0 heterocycles. The monoisotopic (exact) mass is 1140 g/mol. The molecule has 0 saturated carbocycles. The average molecular weight is 1140 g/mol. The average Bonchev–Trinajstić information content (AvgIpc) is 3.47. The highest BCUT2D eigenvalue weighted by Crippen LogP contribution is 2.19. The number of esters is 3. The first-order valence-electron chi connectivity index (χ1n) is 36.1. The summed E-state index contributed by atoms with van der Waals surface area (Å²) >= 11 is 0. The zero-order chi connectivity index (χ0) is 58.5. The summed E-state index contributed by atoms with van der Waals surface area (Å²) in [7, 11) is 0. The largest absolute Gasteiger partial charge is 0.462 e. The maximum absolute atomic E-state index is 12.9. The molecule has 81 heavy (non-hydrogen) atoms. The Morgan fingerprint density at radius 2 is 0.481 bits per heavy atom. The first-order chi connectivity index (χ1) is 40.0. The van der Waals surface area contributed by atoms with Gasteiger partial charge < -0.3 is 14.2 Å². The highest BCUT2D eigenvalue weighted by atomic mass is 16.6. The molecule has 6 nitrogen and oxygen atoms in total. The zero-order valence-electron chi connectivity index (χ0n) is 54.6. The quantitative estimate of drug-likeness (QED) is 0.0261. The molecule has 0 aliphatic rings. The third kappa shape index (κ3) is 68.0. The lowest BCUT2D eigenvalue weighted by atomic mass is 10.0. The van der Waals surface area contributed by atoms with Gasteiger partial charge in [-0.05, 0) is 77.0 Å². The fraction of sp³-hybridized carbons (Fsp3) is 0.853. The van der Waals surface area contributed by atoms with Crippen LogP contribution in [-0.2, 0) is 28.6 Å².